The van der Waals surface area contributed by atoms with Crippen LogP contribution in [0, 0.1) is 0 Å². The normalized spacial score (nSPS) is 12.4. The maximum absolute atomic E-state index is 9.89. The zero-order chi connectivity index (χ0) is 11.4. The van der Waals surface area contributed by atoms with Gasteiger partial charge in [0.05, 0.1) is 18.3 Å². The molecule has 6 heteroatoms. The van der Waals surface area contributed by atoms with Crippen LogP contribution in [0.15, 0.2) is 23.8 Å². The second-order valence-electron chi connectivity index (χ2n) is 3.19. The molecule has 0 spiro atoms. The van der Waals surface area contributed by atoms with Gasteiger partial charge in [0, 0.05) is 23.6 Å². The highest BCUT2D eigenvalue weighted by Gasteiger charge is 2.11. The van der Waals surface area contributed by atoms with E-state index in [4.69, 9.17) is 4.74 Å². The van der Waals surface area contributed by atoms with Gasteiger partial charge in [-0.05, 0) is 6.07 Å². The molecule has 2 rings (SSSR count). The quantitative estimate of drug-likeness (QED) is 0.865. The van der Waals surface area contributed by atoms with Crippen molar-refractivity contribution in [3.63, 3.8) is 0 Å². The Morgan fingerprint density at radius 3 is 2.88 bits per heavy atom. The topological polar surface area (TPSA) is 68.1 Å². The predicted molar refractivity (Wildman–Crippen MR) is 59.4 cm³/mol. The molecule has 5 nitrogen and oxygen atoms in total. The van der Waals surface area contributed by atoms with Crippen LogP contribution >= 0.6 is 11.3 Å². The van der Waals surface area contributed by atoms with Gasteiger partial charge in [-0.25, -0.2) is 0 Å². The smallest absolute Gasteiger partial charge is 0.233 e. The Bertz CT molecular complexity index is 430. The Hall–Kier alpha value is -1.53. The Morgan fingerprint density at radius 1 is 1.44 bits per heavy atom. The monoisotopic (exact) mass is 237 g/mol. The van der Waals surface area contributed by atoms with Crippen LogP contribution in [0.5, 0.6) is 5.88 Å². The summed E-state index contributed by atoms with van der Waals surface area (Å²) in [7, 11) is 1.53. The molecular formula is C10H11N3O2S. The zero-order valence-corrected chi connectivity index (χ0v) is 9.52. The summed E-state index contributed by atoms with van der Waals surface area (Å²) in [6.45, 7) is 0. The number of thiazole rings is 1. The number of nitrogens with zero attached hydrogens (tertiary/aromatic N) is 3. The molecular weight excluding hydrogens is 226 g/mol. The van der Waals surface area contributed by atoms with Crippen LogP contribution in [-0.4, -0.2) is 27.4 Å². The Kier molecular flexibility index (Phi) is 3.43. The lowest BCUT2D eigenvalue weighted by atomic mass is 10.1. The third-order valence-corrected chi connectivity index (χ3v) is 2.89. The lowest BCUT2D eigenvalue weighted by Crippen LogP contribution is -2.04. The summed E-state index contributed by atoms with van der Waals surface area (Å²) in [5, 5.41) is 17.6. The van der Waals surface area contributed by atoms with Crippen LogP contribution in [0.25, 0.3) is 0 Å². The summed E-state index contributed by atoms with van der Waals surface area (Å²) >= 11 is 1.51. The number of ether oxygens (including phenoxy) is 1. The van der Waals surface area contributed by atoms with E-state index in [1.54, 1.807) is 23.8 Å². The fourth-order valence-corrected chi connectivity index (χ4v) is 1.89. The van der Waals surface area contributed by atoms with Gasteiger partial charge in [0.2, 0.25) is 5.88 Å². The lowest BCUT2D eigenvalue weighted by Gasteiger charge is -2.07. The van der Waals surface area contributed by atoms with E-state index in [9.17, 15) is 5.11 Å². The lowest BCUT2D eigenvalue weighted by molar-refractivity contribution is 0.173. The highest BCUT2D eigenvalue weighted by Crippen LogP contribution is 2.18. The summed E-state index contributed by atoms with van der Waals surface area (Å²) in [5.41, 5.74) is 2.27. The number of aromatic nitrogens is 3. The first-order valence-electron chi connectivity index (χ1n) is 4.72. The molecule has 0 aromatic carbocycles. The molecule has 84 valence electrons. The van der Waals surface area contributed by atoms with Crippen LogP contribution in [0.2, 0.25) is 0 Å². The van der Waals surface area contributed by atoms with Gasteiger partial charge in [0.1, 0.15) is 6.10 Å². The van der Waals surface area contributed by atoms with Crippen molar-refractivity contribution in [3.8, 4) is 5.88 Å². The zero-order valence-electron chi connectivity index (χ0n) is 8.70. The van der Waals surface area contributed by atoms with Crippen LogP contribution in [0.3, 0.4) is 0 Å². The minimum Gasteiger partial charge on any atom is -0.480 e. The van der Waals surface area contributed by atoms with E-state index in [-0.39, 0.29) is 0 Å². The van der Waals surface area contributed by atoms with Crippen molar-refractivity contribution in [3.05, 3.63) is 34.4 Å². The molecule has 0 aliphatic rings. The number of aliphatic hydroxyl groups excluding tert-OH is 1. The Balaban J connectivity index is 2.05. The van der Waals surface area contributed by atoms with Crippen LogP contribution in [-0.2, 0) is 6.42 Å². The number of hydrogen-bond donors (Lipinski definition) is 1. The summed E-state index contributed by atoms with van der Waals surface area (Å²) in [6, 6.07) is 3.38. The van der Waals surface area contributed by atoms with E-state index < -0.39 is 6.10 Å². The first-order chi connectivity index (χ1) is 7.79. The summed E-state index contributed by atoms with van der Waals surface area (Å²) < 4.78 is 4.89. The number of methoxy groups -OCH3 is 1. The van der Waals surface area contributed by atoms with Crippen LogP contribution in [0.4, 0.5) is 0 Å². The molecule has 0 radical (unpaired) electrons. The largest absolute Gasteiger partial charge is 0.480 e. The molecule has 2 aromatic rings. The molecule has 1 unspecified atom stereocenters. The molecule has 1 N–H and O–H groups in total. The second-order valence-corrected chi connectivity index (χ2v) is 4.16. The molecule has 0 bridgehead atoms. The van der Waals surface area contributed by atoms with Crippen molar-refractivity contribution in [2.45, 2.75) is 12.5 Å². The third-order valence-electron chi connectivity index (χ3n) is 2.09. The van der Waals surface area contributed by atoms with Gasteiger partial charge < -0.3 is 9.84 Å². The van der Waals surface area contributed by atoms with Crippen molar-refractivity contribution in [1.29, 1.82) is 0 Å². The van der Waals surface area contributed by atoms with Gasteiger partial charge in [0.25, 0.3) is 0 Å². The minimum absolute atomic E-state index is 0.439. The first-order valence-corrected chi connectivity index (χ1v) is 5.60. The highest BCUT2D eigenvalue weighted by atomic mass is 32.1. The SMILES string of the molecule is COc1ccc(C(O)Cc2cncs2)nn1. The van der Waals surface area contributed by atoms with Gasteiger partial charge in [-0.1, -0.05) is 0 Å². The van der Waals surface area contributed by atoms with Gasteiger partial charge in [-0.3, -0.25) is 4.98 Å². The Labute approximate surface area is 96.8 Å². The van der Waals surface area contributed by atoms with E-state index >= 15 is 0 Å². The van der Waals surface area contributed by atoms with Crippen molar-refractivity contribution >= 4 is 11.3 Å². The molecule has 16 heavy (non-hydrogen) atoms. The summed E-state index contributed by atoms with van der Waals surface area (Å²) in [5.74, 6) is 0.439. The fraction of sp³-hybridized carbons (Fsp3) is 0.300. The van der Waals surface area contributed by atoms with E-state index in [0.29, 0.717) is 18.0 Å². The maximum atomic E-state index is 9.89. The van der Waals surface area contributed by atoms with E-state index in [2.05, 4.69) is 15.2 Å². The molecule has 2 aromatic heterocycles. The second kappa shape index (κ2) is 5.00. The predicted octanol–water partition coefficient (Wildman–Crippen LogP) is 1.22. The molecule has 0 aliphatic heterocycles. The third kappa shape index (κ3) is 2.53. The minimum atomic E-state index is -0.654. The standard InChI is InChI=1S/C10H11N3O2S/c1-15-10-3-2-8(12-13-10)9(14)4-7-5-11-6-16-7/h2-3,5-6,9,14H,4H2,1H3. The van der Waals surface area contributed by atoms with Crippen molar-refractivity contribution < 1.29 is 9.84 Å². The molecule has 0 amide bonds. The van der Waals surface area contributed by atoms with Gasteiger partial charge in [-0.2, -0.15) is 0 Å². The van der Waals surface area contributed by atoms with Crippen LogP contribution in [0.1, 0.15) is 16.7 Å². The fourth-order valence-electron chi connectivity index (χ4n) is 1.26. The van der Waals surface area contributed by atoms with E-state index in [1.807, 2.05) is 0 Å². The molecule has 2 heterocycles. The highest BCUT2D eigenvalue weighted by molar-refractivity contribution is 7.09. The molecule has 0 fully saturated rings. The number of rotatable bonds is 4. The van der Waals surface area contributed by atoms with E-state index in [0.717, 1.165) is 4.88 Å². The number of hydrogen-bond acceptors (Lipinski definition) is 6. The van der Waals surface area contributed by atoms with Crippen LogP contribution < -0.4 is 4.74 Å². The van der Waals surface area contributed by atoms with Crippen molar-refractivity contribution in [2.24, 2.45) is 0 Å². The first kappa shape index (κ1) is 11.0. The van der Waals surface area contributed by atoms with Gasteiger partial charge in [0.15, 0.2) is 0 Å². The average molecular weight is 237 g/mol. The summed E-state index contributed by atoms with van der Waals surface area (Å²) in [4.78, 5) is 4.97. The number of aliphatic hydroxyl groups is 1. The maximum Gasteiger partial charge on any atom is 0.233 e. The van der Waals surface area contributed by atoms with Crippen molar-refractivity contribution in [1.82, 2.24) is 15.2 Å². The van der Waals surface area contributed by atoms with E-state index in [1.165, 1.54) is 18.4 Å². The van der Waals surface area contributed by atoms with Gasteiger partial charge in [-0.15, -0.1) is 21.5 Å². The molecule has 0 saturated heterocycles. The molecule has 1 atom stereocenters. The average Bonchev–Trinajstić information content (AvgIpc) is 2.82. The summed E-state index contributed by atoms with van der Waals surface area (Å²) in [6.07, 6.45) is 1.59. The Morgan fingerprint density at radius 2 is 2.31 bits per heavy atom. The molecule has 0 saturated carbocycles. The van der Waals surface area contributed by atoms with Crippen molar-refractivity contribution in [2.75, 3.05) is 7.11 Å². The molecule has 0 aliphatic carbocycles. The van der Waals surface area contributed by atoms with Gasteiger partial charge >= 0.3 is 0 Å².